The molecule has 3 N–H and O–H groups in total. The Bertz CT molecular complexity index is 1650. The molecule has 4 aliphatic rings. The van der Waals surface area contributed by atoms with Crippen molar-refractivity contribution in [1.29, 1.82) is 5.26 Å². The Labute approximate surface area is 207 Å². The minimum atomic E-state index is -0.983. The number of aromatic amines is 1. The van der Waals surface area contributed by atoms with Gasteiger partial charge in [0, 0.05) is 17.5 Å². The molecule has 1 aromatic carbocycles. The fraction of sp³-hybridized carbons (Fsp3) is 0.308. The van der Waals surface area contributed by atoms with Gasteiger partial charge in [-0.25, -0.2) is 18.2 Å². The first-order chi connectivity index (χ1) is 17.9. The number of rotatable bonds is 5. The standard InChI is InChI=1S/C26H18F3N5O3/c27-11-7-13-20(16(28)8-11)33-34-22(13)21-14(9-30)18(17-2-1-5-37-17)19(29)24(31-21)32-23-12-4-3-10-6-15(12)26(10,23)25(35)36/h1-2,5,7-8,10,12,15,23H,3-4,6H2,(H,31,32)(H,33,34)(H,35,36)/t10?,12?,15?,23-,26-/m0/s1. The molecule has 3 unspecified atom stereocenters. The number of carbonyl (C=O) groups is 1. The van der Waals surface area contributed by atoms with Crippen molar-refractivity contribution in [3.8, 4) is 28.8 Å². The minimum Gasteiger partial charge on any atom is -0.481 e. The fourth-order valence-electron chi connectivity index (χ4n) is 7.10. The lowest BCUT2D eigenvalue weighted by atomic mass is 9.30. The number of H-pyrrole nitrogens is 1. The highest BCUT2D eigenvalue weighted by molar-refractivity contribution is 5.95. The van der Waals surface area contributed by atoms with Crippen LogP contribution in [0.15, 0.2) is 34.9 Å². The number of aliphatic carboxylic acids is 1. The van der Waals surface area contributed by atoms with Gasteiger partial charge in [0.15, 0.2) is 17.5 Å². The van der Waals surface area contributed by atoms with Crippen molar-refractivity contribution in [3.63, 3.8) is 0 Å². The van der Waals surface area contributed by atoms with Crippen molar-refractivity contribution in [2.45, 2.75) is 25.3 Å². The smallest absolute Gasteiger partial charge is 0.312 e. The van der Waals surface area contributed by atoms with E-state index in [2.05, 4.69) is 20.5 Å². The predicted molar refractivity (Wildman–Crippen MR) is 123 cm³/mol. The number of benzene rings is 1. The molecule has 0 saturated heterocycles. The van der Waals surface area contributed by atoms with E-state index in [1.807, 2.05) is 6.07 Å². The molecule has 4 fully saturated rings. The summed E-state index contributed by atoms with van der Waals surface area (Å²) in [4.78, 5) is 16.7. The van der Waals surface area contributed by atoms with E-state index in [-0.39, 0.29) is 62.7 Å². The lowest BCUT2D eigenvalue weighted by Crippen LogP contribution is -2.79. The van der Waals surface area contributed by atoms with E-state index in [1.54, 1.807) is 0 Å². The van der Waals surface area contributed by atoms with Gasteiger partial charge in [-0.1, -0.05) is 0 Å². The Hall–Kier alpha value is -4.33. The summed E-state index contributed by atoms with van der Waals surface area (Å²) in [5.74, 6) is -3.67. The van der Waals surface area contributed by atoms with Gasteiger partial charge in [0.05, 0.1) is 28.5 Å². The Morgan fingerprint density at radius 3 is 2.81 bits per heavy atom. The van der Waals surface area contributed by atoms with Gasteiger partial charge in [0.25, 0.3) is 0 Å². The lowest BCUT2D eigenvalue weighted by molar-refractivity contribution is -0.248. The molecule has 4 aliphatic carbocycles. The number of fused-ring (bicyclic) bond motifs is 2. The van der Waals surface area contributed by atoms with E-state index < -0.39 is 34.9 Å². The number of hydrogen-bond acceptors (Lipinski definition) is 6. The molecule has 4 bridgehead atoms. The molecule has 3 aromatic heterocycles. The third kappa shape index (κ3) is 2.64. The number of carboxylic acid groups (broad SMARTS) is 1. The Morgan fingerprint density at radius 1 is 1.30 bits per heavy atom. The Kier molecular flexibility index (Phi) is 4.35. The van der Waals surface area contributed by atoms with Crippen molar-refractivity contribution in [3.05, 3.63) is 53.5 Å². The number of nitrogens with one attached hydrogen (secondary N) is 2. The van der Waals surface area contributed by atoms with Crippen LogP contribution < -0.4 is 5.32 Å². The van der Waals surface area contributed by atoms with Crippen molar-refractivity contribution >= 4 is 22.7 Å². The highest BCUT2D eigenvalue weighted by Crippen LogP contribution is 2.74. The molecule has 0 spiro atoms. The third-order valence-corrected chi connectivity index (χ3v) is 8.63. The van der Waals surface area contributed by atoms with E-state index in [9.17, 15) is 23.9 Å². The molecule has 11 heteroatoms. The molecule has 4 aromatic rings. The van der Waals surface area contributed by atoms with Gasteiger partial charge in [-0.2, -0.15) is 10.4 Å². The van der Waals surface area contributed by atoms with Crippen LogP contribution >= 0.6 is 0 Å². The van der Waals surface area contributed by atoms with Crippen LogP contribution in [0.1, 0.15) is 24.8 Å². The summed E-state index contributed by atoms with van der Waals surface area (Å²) >= 11 is 0. The first-order valence-electron chi connectivity index (χ1n) is 11.9. The van der Waals surface area contributed by atoms with Gasteiger partial charge >= 0.3 is 5.97 Å². The van der Waals surface area contributed by atoms with E-state index in [1.165, 1.54) is 18.4 Å². The monoisotopic (exact) mass is 505 g/mol. The molecule has 8 nitrogen and oxygen atoms in total. The zero-order chi connectivity index (χ0) is 25.6. The van der Waals surface area contributed by atoms with Crippen molar-refractivity contribution in [2.75, 3.05) is 5.32 Å². The summed E-state index contributed by atoms with van der Waals surface area (Å²) in [5, 5.41) is 29.8. The predicted octanol–water partition coefficient (Wildman–Crippen LogP) is 5.09. The first-order valence-corrected chi connectivity index (χ1v) is 11.9. The molecular weight excluding hydrogens is 487 g/mol. The van der Waals surface area contributed by atoms with E-state index in [4.69, 9.17) is 4.42 Å². The number of furan rings is 1. The summed E-state index contributed by atoms with van der Waals surface area (Å²) < 4.78 is 49.9. The zero-order valence-corrected chi connectivity index (χ0v) is 19.1. The van der Waals surface area contributed by atoms with Gasteiger partial charge < -0.3 is 14.8 Å². The second kappa shape index (κ2) is 7.35. The van der Waals surface area contributed by atoms with Gasteiger partial charge in [0.1, 0.15) is 28.9 Å². The van der Waals surface area contributed by atoms with Gasteiger partial charge in [-0.15, -0.1) is 0 Å². The second-order valence-electron chi connectivity index (χ2n) is 9.98. The third-order valence-electron chi connectivity index (χ3n) is 8.63. The van der Waals surface area contributed by atoms with E-state index in [0.717, 1.165) is 25.3 Å². The minimum absolute atomic E-state index is 0.00505. The maximum Gasteiger partial charge on any atom is 0.312 e. The first kappa shape index (κ1) is 21.9. The number of anilines is 1. The number of hydrogen-bond donors (Lipinski definition) is 3. The number of halogens is 3. The van der Waals surface area contributed by atoms with Crippen LogP contribution in [0.3, 0.4) is 0 Å². The van der Waals surface area contributed by atoms with Gasteiger partial charge in [-0.05, 0) is 55.2 Å². The Morgan fingerprint density at radius 2 is 2.14 bits per heavy atom. The number of aromatic nitrogens is 3. The van der Waals surface area contributed by atoms with Crippen molar-refractivity contribution in [1.82, 2.24) is 15.2 Å². The van der Waals surface area contributed by atoms with Crippen molar-refractivity contribution in [2.24, 2.45) is 23.2 Å². The van der Waals surface area contributed by atoms with E-state index >= 15 is 4.39 Å². The van der Waals surface area contributed by atoms with Crippen molar-refractivity contribution < 1.29 is 27.5 Å². The topological polar surface area (TPSA) is 128 Å². The maximum absolute atomic E-state index is 16.0. The number of pyridine rings is 1. The molecule has 0 amide bonds. The average molecular weight is 505 g/mol. The molecule has 0 radical (unpaired) electrons. The summed E-state index contributed by atoms with van der Waals surface area (Å²) in [5.41, 5.74) is -1.65. The van der Waals surface area contributed by atoms with Crippen LogP contribution in [-0.2, 0) is 4.79 Å². The zero-order valence-electron chi connectivity index (χ0n) is 19.1. The van der Waals surface area contributed by atoms with Gasteiger partial charge in [-0.3, -0.25) is 9.89 Å². The highest BCUT2D eigenvalue weighted by Gasteiger charge is 2.78. The molecule has 3 heterocycles. The number of carboxylic acids is 1. The number of nitriles is 1. The summed E-state index contributed by atoms with van der Waals surface area (Å²) in [6, 6.07) is 6.14. The summed E-state index contributed by atoms with van der Waals surface area (Å²) in [7, 11) is 0. The molecule has 4 saturated carbocycles. The van der Waals surface area contributed by atoms with Crippen LogP contribution in [-0.4, -0.2) is 32.3 Å². The summed E-state index contributed by atoms with van der Waals surface area (Å²) in [6.45, 7) is 0. The molecular formula is C26H18F3N5O3. The van der Waals surface area contributed by atoms with Crippen LogP contribution in [0.2, 0.25) is 0 Å². The largest absolute Gasteiger partial charge is 0.481 e. The molecule has 0 aliphatic heterocycles. The molecule has 5 atom stereocenters. The maximum atomic E-state index is 16.0. The second-order valence-corrected chi connectivity index (χ2v) is 9.98. The Balaban J connectivity index is 1.44. The molecule has 186 valence electrons. The number of nitrogens with zero attached hydrogens (tertiary/aromatic N) is 3. The van der Waals surface area contributed by atoms with Gasteiger partial charge in [0.2, 0.25) is 0 Å². The van der Waals surface area contributed by atoms with Crippen LogP contribution in [0.25, 0.3) is 33.6 Å². The quantitative estimate of drug-likeness (QED) is 0.345. The molecule has 37 heavy (non-hydrogen) atoms. The normalized spacial score (nSPS) is 27.3. The van der Waals surface area contributed by atoms with Crippen LogP contribution in [0.5, 0.6) is 0 Å². The van der Waals surface area contributed by atoms with E-state index in [0.29, 0.717) is 6.07 Å². The average Bonchev–Trinajstić information content (AvgIpc) is 3.54. The van der Waals surface area contributed by atoms with Crippen LogP contribution in [0, 0.1) is 52.0 Å². The van der Waals surface area contributed by atoms with Crippen LogP contribution in [0.4, 0.5) is 19.0 Å². The fourth-order valence-corrected chi connectivity index (χ4v) is 7.10. The lowest BCUT2D eigenvalue weighted by Gasteiger charge is -2.74. The highest BCUT2D eigenvalue weighted by atomic mass is 19.1. The summed E-state index contributed by atoms with van der Waals surface area (Å²) in [6.07, 6.45) is 3.82. The molecule has 8 rings (SSSR count). The SMILES string of the molecule is N#Cc1c(-c2[nH]nc3c(F)cc(F)cc23)nc(N[C@H]2C3CCC4CC3[C@@]42C(=O)O)c(F)c1-c1ccco1.